The molecule has 0 saturated heterocycles. The zero-order valence-electron chi connectivity index (χ0n) is 8.89. The van der Waals surface area contributed by atoms with E-state index in [-0.39, 0.29) is 18.0 Å². The third kappa shape index (κ3) is 5.60. The van der Waals surface area contributed by atoms with E-state index < -0.39 is 0 Å². The van der Waals surface area contributed by atoms with Gasteiger partial charge in [0.25, 0.3) is 0 Å². The van der Waals surface area contributed by atoms with Crippen LogP contribution in [0.25, 0.3) is 0 Å². The maximum Gasteiger partial charge on any atom is 0.236 e. The number of hydrogen-bond acceptors (Lipinski definition) is 3. The van der Waals surface area contributed by atoms with Crippen LogP contribution in [-0.4, -0.2) is 38.3 Å². The lowest BCUT2D eigenvalue weighted by molar-refractivity contribution is -0.122. The molecule has 0 aromatic heterocycles. The molecule has 0 radical (unpaired) electrons. The number of likely N-dealkylation sites (N-methyl/N-ethyl adjacent to an activating group) is 1. The molecule has 0 aromatic rings. The van der Waals surface area contributed by atoms with Crippen molar-refractivity contribution in [3.63, 3.8) is 0 Å². The fourth-order valence-corrected chi connectivity index (χ4v) is 1.06. The molecule has 4 heteroatoms. The SMILES string of the molecule is CCOCC(C)NC(C)C(=O)NC. The second kappa shape index (κ2) is 6.86. The van der Waals surface area contributed by atoms with Crippen molar-refractivity contribution in [2.24, 2.45) is 0 Å². The minimum absolute atomic E-state index is 0.00310. The molecule has 0 rings (SSSR count). The zero-order chi connectivity index (χ0) is 10.3. The van der Waals surface area contributed by atoms with E-state index in [2.05, 4.69) is 10.6 Å². The van der Waals surface area contributed by atoms with Gasteiger partial charge in [0, 0.05) is 19.7 Å². The van der Waals surface area contributed by atoms with Gasteiger partial charge < -0.3 is 15.4 Å². The molecule has 0 aliphatic rings. The molecule has 0 aromatic carbocycles. The first kappa shape index (κ1) is 12.4. The Balaban J connectivity index is 3.64. The number of nitrogens with one attached hydrogen (secondary N) is 2. The summed E-state index contributed by atoms with van der Waals surface area (Å²) in [6.45, 7) is 7.13. The first-order chi connectivity index (χ1) is 6.11. The largest absolute Gasteiger partial charge is 0.380 e. The summed E-state index contributed by atoms with van der Waals surface area (Å²) >= 11 is 0. The number of hydrogen-bond donors (Lipinski definition) is 2. The van der Waals surface area contributed by atoms with E-state index in [0.717, 1.165) is 0 Å². The Hall–Kier alpha value is -0.610. The summed E-state index contributed by atoms with van der Waals surface area (Å²) in [5, 5.41) is 5.71. The average Bonchev–Trinajstić information content (AvgIpc) is 2.13. The monoisotopic (exact) mass is 188 g/mol. The maximum atomic E-state index is 11.1. The third-order valence-electron chi connectivity index (χ3n) is 1.75. The van der Waals surface area contributed by atoms with Crippen LogP contribution in [0.5, 0.6) is 0 Å². The topological polar surface area (TPSA) is 50.4 Å². The molecule has 0 fully saturated rings. The summed E-state index contributed by atoms with van der Waals surface area (Å²) in [4.78, 5) is 11.1. The van der Waals surface area contributed by atoms with E-state index in [1.165, 1.54) is 0 Å². The summed E-state index contributed by atoms with van der Waals surface area (Å²) in [7, 11) is 1.63. The molecule has 2 N–H and O–H groups in total. The Kier molecular flexibility index (Phi) is 6.54. The van der Waals surface area contributed by atoms with Crippen molar-refractivity contribution < 1.29 is 9.53 Å². The second-order valence-corrected chi connectivity index (χ2v) is 3.06. The number of carbonyl (C=O) groups is 1. The van der Waals surface area contributed by atoms with Gasteiger partial charge in [0.15, 0.2) is 0 Å². The molecule has 2 unspecified atom stereocenters. The van der Waals surface area contributed by atoms with E-state index >= 15 is 0 Å². The smallest absolute Gasteiger partial charge is 0.236 e. The van der Waals surface area contributed by atoms with Gasteiger partial charge in [0.1, 0.15) is 0 Å². The summed E-state index contributed by atoms with van der Waals surface area (Å²) < 4.78 is 5.22. The first-order valence-electron chi connectivity index (χ1n) is 4.67. The van der Waals surface area contributed by atoms with Crippen molar-refractivity contribution in [2.75, 3.05) is 20.3 Å². The molecule has 0 aliphatic heterocycles. The second-order valence-electron chi connectivity index (χ2n) is 3.06. The Morgan fingerprint density at radius 3 is 2.54 bits per heavy atom. The Bertz CT molecular complexity index is 151. The van der Waals surface area contributed by atoms with E-state index in [1.54, 1.807) is 7.05 Å². The minimum atomic E-state index is -0.166. The van der Waals surface area contributed by atoms with Gasteiger partial charge in [-0.05, 0) is 20.8 Å². The first-order valence-corrected chi connectivity index (χ1v) is 4.67. The lowest BCUT2D eigenvalue weighted by Gasteiger charge is -2.18. The van der Waals surface area contributed by atoms with Crippen molar-refractivity contribution in [3.8, 4) is 0 Å². The molecule has 0 bridgehead atoms. The molecule has 0 heterocycles. The zero-order valence-corrected chi connectivity index (χ0v) is 8.89. The van der Waals surface area contributed by atoms with Crippen molar-refractivity contribution >= 4 is 5.91 Å². The molecule has 0 spiro atoms. The van der Waals surface area contributed by atoms with Gasteiger partial charge in [-0.2, -0.15) is 0 Å². The van der Waals surface area contributed by atoms with Crippen LogP contribution in [0, 0.1) is 0 Å². The Morgan fingerprint density at radius 1 is 1.46 bits per heavy atom. The van der Waals surface area contributed by atoms with Crippen molar-refractivity contribution in [1.82, 2.24) is 10.6 Å². The highest BCUT2D eigenvalue weighted by atomic mass is 16.5. The average molecular weight is 188 g/mol. The summed E-state index contributed by atoms with van der Waals surface area (Å²) in [5.74, 6) is 0.00310. The minimum Gasteiger partial charge on any atom is -0.380 e. The fourth-order valence-electron chi connectivity index (χ4n) is 1.06. The molecule has 4 nitrogen and oxygen atoms in total. The van der Waals surface area contributed by atoms with Gasteiger partial charge in [-0.3, -0.25) is 4.79 Å². The lowest BCUT2D eigenvalue weighted by Crippen LogP contribution is -2.46. The quantitative estimate of drug-likeness (QED) is 0.623. The summed E-state index contributed by atoms with van der Waals surface area (Å²) in [6, 6.07) is 0.0349. The normalized spacial score (nSPS) is 15.1. The van der Waals surface area contributed by atoms with Crippen LogP contribution in [0.1, 0.15) is 20.8 Å². The Morgan fingerprint density at radius 2 is 2.08 bits per heavy atom. The number of ether oxygens (including phenoxy) is 1. The maximum absolute atomic E-state index is 11.1. The van der Waals surface area contributed by atoms with E-state index in [4.69, 9.17) is 4.74 Å². The third-order valence-corrected chi connectivity index (χ3v) is 1.75. The van der Waals surface area contributed by atoms with Crippen molar-refractivity contribution in [3.05, 3.63) is 0 Å². The van der Waals surface area contributed by atoms with E-state index in [0.29, 0.717) is 13.2 Å². The number of carbonyl (C=O) groups excluding carboxylic acids is 1. The van der Waals surface area contributed by atoms with Crippen LogP contribution in [0.4, 0.5) is 0 Å². The van der Waals surface area contributed by atoms with Crippen LogP contribution < -0.4 is 10.6 Å². The molecule has 78 valence electrons. The summed E-state index contributed by atoms with van der Waals surface area (Å²) in [6.07, 6.45) is 0. The van der Waals surface area contributed by atoms with Crippen molar-refractivity contribution in [1.29, 1.82) is 0 Å². The molecule has 2 atom stereocenters. The fraction of sp³-hybridized carbons (Fsp3) is 0.889. The van der Waals surface area contributed by atoms with Gasteiger partial charge >= 0.3 is 0 Å². The van der Waals surface area contributed by atoms with Gasteiger partial charge in [0.05, 0.1) is 12.6 Å². The molecular formula is C9H20N2O2. The molecule has 13 heavy (non-hydrogen) atoms. The number of rotatable bonds is 6. The van der Waals surface area contributed by atoms with Crippen LogP contribution in [0.2, 0.25) is 0 Å². The van der Waals surface area contributed by atoms with Crippen LogP contribution in [0.3, 0.4) is 0 Å². The molecular weight excluding hydrogens is 168 g/mol. The van der Waals surface area contributed by atoms with Crippen LogP contribution in [0.15, 0.2) is 0 Å². The molecule has 0 saturated carbocycles. The molecule has 0 aliphatic carbocycles. The highest BCUT2D eigenvalue weighted by Crippen LogP contribution is 1.89. The predicted molar refractivity (Wildman–Crippen MR) is 52.6 cm³/mol. The van der Waals surface area contributed by atoms with E-state index in [9.17, 15) is 4.79 Å². The highest BCUT2D eigenvalue weighted by Gasteiger charge is 2.12. The van der Waals surface area contributed by atoms with Gasteiger partial charge in [-0.25, -0.2) is 0 Å². The lowest BCUT2D eigenvalue weighted by atomic mass is 10.2. The van der Waals surface area contributed by atoms with E-state index in [1.807, 2.05) is 20.8 Å². The standard InChI is InChI=1S/C9H20N2O2/c1-5-13-6-7(2)11-8(3)9(12)10-4/h7-8,11H,5-6H2,1-4H3,(H,10,12). The Labute approximate surface area is 80.0 Å². The number of amides is 1. The molecule has 1 amide bonds. The van der Waals surface area contributed by atoms with Gasteiger partial charge in [-0.1, -0.05) is 0 Å². The van der Waals surface area contributed by atoms with Crippen molar-refractivity contribution in [2.45, 2.75) is 32.9 Å². The van der Waals surface area contributed by atoms with Gasteiger partial charge in [0.2, 0.25) is 5.91 Å². The summed E-state index contributed by atoms with van der Waals surface area (Å²) in [5.41, 5.74) is 0. The highest BCUT2D eigenvalue weighted by molar-refractivity contribution is 5.80. The van der Waals surface area contributed by atoms with Crippen LogP contribution in [-0.2, 0) is 9.53 Å². The van der Waals surface area contributed by atoms with Gasteiger partial charge in [-0.15, -0.1) is 0 Å². The van der Waals surface area contributed by atoms with Crippen LogP contribution >= 0.6 is 0 Å². The predicted octanol–water partition coefficient (Wildman–Crippen LogP) is 0.136.